The van der Waals surface area contributed by atoms with Crippen molar-refractivity contribution in [1.82, 2.24) is 9.78 Å². The van der Waals surface area contributed by atoms with Crippen molar-refractivity contribution in [2.45, 2.75) is 38.0 Å². The largest absolute Gasteiger partial charge is 0.381 e. The molecule has 0 radical (unpaired) electrons. The van der Waals surface area contributed by atoms with E-state index in [1.165, 1.54) is 30.4 Å². The van der Waals surface area contributed by atoms with Crippen LogP contribution in [0.15, 0.2) is 0 Å². The van der Waals surface area contributed by atoms with Gasteiger partial charge in [-0.3, -0.25) is 4.68 Å². The molecule has 1 atom stereocenters. The summed E-state index contributed by atoms with van der Waals surface area (Å²) in [5.41, 5.74) is 6.61. The molecule has 0 saturated heterocycles. The number of aryl methyl sites for hydroxylation is 1. The maximum atomic E-state index is 13.8. The van der Waals surface area contributed by atoms with Gasteiger partial charge < -0.3 is 5.73 Å². The molecule has 4 heteroatoms. The van der Waals surface area contributed by atoms with E-state index in [0.29, 0.717) is 17.0 Å². The number of nitrogens with two attached hydrogens (primary N) is 1. The smallest absolute Gasteiger partial charge is 0.188 e. The summed E-state index contributed by atoms with van der Waals surface area (Å²) in [5, 5.41) is 4.24. The highest BCUT2D eigenvalue weighted by molar-refractivity contribution is 5.36. The zero-order valence-electron chi connectivity index (χ0n) is 8.96. The van der Waals surface area contributed by atoms with Crippen LogP contribution in [0, 0.1) is 11.2 Å². The lowest BCUT2D eigenvalue weighted by Gasteiger charge is -2.15. The number of halogens is 1. The van der Waals surface area contributed by atoms with E-state index in [4.69, 9.17) is 5.73 Å². The first-order valence-electron chi connectivity index (χ1n) is 5.62. The minimum atomic E-state index is -0.282. The molecule has 2 fully saturated rings. The average Bonchev–Trinajstić information content (AvgIpc) is 2.80. The molecular weight excluding hydrogens is 193 g/mol. The molecule has 1 aromatic rings. The third kappa shape index (κ3) is 1.13. The van der Waals surface area contributed by atoms with E-state index in [0.717, 1.165) is 6.42 Å². The van der Waals surface area contributed by atoms with Crippen LogP contribution in [0.3, 0.4) is 0 Å². The molecule has 1 spiro atoms. The summed E-state index contributed by atoms with van der Waals surface area (Å²) in [7, 11) is 1.70. The summed E-state index contributed by atoms with van der Waals surface area (Å²) in [6.45, 7) is 0. The van der Waals surface area contributed by atoms with E-state index >= 15 is 0 Å². The average molecular weight is 209 g/mol. The molecule has 0 aromatic carbocycles. The van der Waals surface area contributed by atoms with Gasteiger partial charge in [0.05, 0.1) is 0 Å². The minimum absolute atomic E-state index is 0.174. The molecule has 2 aliphatic carbocycles. The number of aromatic nitrogens is 2. The SMILES string of the molecule is Cn1nc(C2CCCC23CC3)c(F)c1N. The van der Waals surface area contributed by atoms with Crippen LogP contribution in [-0.2, 0) is 7.05 Å². The summed E-state index contributed by atoms with van der Waals surface area (Å²) >= 11 is 0. The molecule has 2 aliphatic rings. The highest BCUT2D eigenvalue weighted by Crippen LogP contribution is 2.65. The van der Waals surface area contributed by atoms with Crippen molar-refractivity contribution < 1.29 is 4.39 Å². The highest BCUT2D eigenvalue weighted by atomic mass is 19.1. The van der Waals surface area contributed by atoms with Crippen molar-refractivity contribution in [2.75, 3.05) is 5.73 Å². The fourth-order valence-corrected chi connectivity index (χ4v) is 3.08. The van der Waals surface area contributed by atoms with Gasteiger partial charge in [0, 0.05) is 13.0 Å². The number of anilines is 1. The molecule has 0 amide bonds. The van der Waals surface area contributed by atoms with Gasteiger partial charge in [0.15, 0.2) is 11.6 Å². The van der Waals surface area contributed by atoms with Crippen LogP contribution in [0.2, 0.25) is 0 Å². The fraction of sp³-hybridized carbons (Fsp3) is 0.727. The van der Waals surface area contributed by atoms with Crippen LogP contribution in [0.4, 0.5) is 10.2 Å². The standard InChI is InChI=1S/C11H16FN3/c1-15-10(13)8(12)9(14-15)7-3-2-4-11(7)5-6-11/h7H,2-6,13H2,1H3. The molecule has 0 aliphatic heterocycles. The van der Waals surface area contributed by atoms with Crippen LogP contribution < -0.4 is 5.73 Å². The predicted octanol–water partition coefficient (Wildman–Crippen LogP) is 2.19. The summed E-state index contributed by atoms with van der Waals surface area (Å²) in [6.07, 6.45) is 6.02. The third-order valence-corrected chi connectivity index (χ3v) is 4.19. The van der Waals surface area contributed by atoms with Gasteiger partial charge in [-0.15, -0.1) is 0 Å². The fourth-order valence-electron chi connectivity index (χ4n) is 3.08. The van der Waals surface area contributed by atoms with Crippen molar-refractivity contribution in [2.24, 2.45) is 12.5 Å². The zero-order chi connectivity index (χ0) is 10.6. The number of hydrogen-bond acceptors (Lipinski definition) is 2. The molecule has 3 rings (SSSR count). The Morgan fingerprint density at radius 2 is 2.20 bits per heavy atom. The molecule has 1 unspecified atom stereocenters. The molecule has 15 heavy (non-hydrogen) atoms. The van der Waals surface area contributed by atoms with Gasteiger partial charge >= 0.3 is 0 Å². The van der Waals surface area contributed by atoms with Crippen molar-refractivity contribution in [3.63, 3.8) is 0 Å². The highest BCUT2D eigenvalue weighted by Gasteiger charge is 2.54. The monoisotopic (exact) mass is 209 g/mol. The molecular formula is C11H16FN3. The minimum Gasteiger partial charge on any atom is -0.381 e. The van der Waals surface area contributed by atoms with Crippen LogP contribution in [-0.4, -0.2) is 9.78 Å². The van der Waals surface area contributed by atoms with Gasteiger partial charge in [0.2, 0.25) is 0 Å². The number of nitrogens with zero attached hydrogens (tertiary/aromatic N) is 2. The molecule has 1 aromatic heterocycles. The van der Waals surface area contributed by atoms with Gasteiger partial charge in [-0.2, -0.15) is 5.10 Å². The van der Waals surface area contributed by atoms with Gasteiger partial charge in [-0.05, 0) is 31.1 Å². The van der Waals surface area contributed by atoms with Crippen molar-refractivity contribution in [3.8, 4) is 0 Å². The molecule has 2 N–H and O–H groups in total. The van der Waals surface area contributed by atoms with Gasteiger partial charge in [0.25, 0.3) is 0 Å². The van der Waals surface area contributed by atoms with Gasteiger partial charge in [-0.1, -0.05) is 6.42 Å². The second kappa shape index (κ2) is 2.74. The van der Waals surface area contributed by atoms with E-state index in [1.54, 1.807) is 7.05 Å². The Morgan fingerprint density at radius 3 is 2.73 bits per heavy atom. The van der Waals surface area contributed by atoms with E-state index in [-0.39, 0.29) is 11.6 Å². The van der Waals surface area contributed by atoms with Crippen molar-refractivity contribution in [3.05, 3.63) is 11.5 Å². The van der Waals surface area contributed by atoms with Crippen LogP contribution in [0.1, 0.15) is 43.7 Å². The second-order valence-corrected chi connectivity index (χ2v) is 5.02. The van der Waals surface area contributed by atoms with Gasteiger partial charge in [-0.25, -0.2) is 4.39 Å². The summed E-state index contributed by atoms with van der Waals surface area (Å²) in [5.74, 6) is 0.212. The molecule has 82 valence electrons. The predicted molar refractivity (Wildman–Crippen MR) is 55.8 cm³/mol. The van der Waals surface area contributed by atoms with Crippen LogP contribution in [0.5, 0.6) is 0 Å². The Kier molecular flexibility index (Phi) is 1.68. The lowest BCUT2D eigenvalue weighted by atomic mass is 9.90. The first-order chi connectivity index (χ1) is 7.14. The Bertz CT molecular complexity index is 406. The van der Waals surface area contributed by atoms with E-state index in [2.05, 4.69) is 5.10 Å². The summed E-state index contributed by atoms with van der Waals surface area (Å²) in [6, 6.07) is 0. The normalized spacial score (nSPS) is 27.5. The number of rotatable bonds is 1. The first kappa shape index (κ1) is 9.19. The zero-order valence-corrected chi connectivity index (χ0v) is 8.96. The Labute approximate surface area is 88.5 Å². The molecule has 3 nitrogen and oxygen atoms in total. The van der Waals surface area contributed by atoms with E-state index in [1.807, 2.05) is 0 Å². The van der Waals surface area contributed by atoms with Gasteiger partial charge in [0.1, 0.15) is 5.69 Å². The lowest BCUT2D eigenvalue weighted by Crippen LogP contribution is -2.09. The first-order valence-corrected chi connectivity index (χ1v) is 5.62. The van der Waals surface area contributed by atoms with Crippen molar-refractivity contribution in [1.29, 1.82) is 0 Å². The summed E-state index contributed by atoms with van der Waals surface area (Å²) < 4.78 is 15.3. The maximum absolute atomic E-state index is 13.8. The van der Waals surface area contributed by atoms with E-state index in [9.17, 15) is 4.39 Å². The summed E-state index contributed by atoms with van der Waals surface area (Å²) in [4.78, 5) is 0. The Balaban J connectivity index is 2.02. The number of hydrogen-bond donors (Lipinski definition) is 1. The van der Waals surface area contributed by atoms with E-state index < -0.39 is 0 Å². The molecule has 2 saturated carbocycles. The molecule has 0 bridgehead atoms. The third-order valence-electron chi connectivity index (χ3n) is 4.19. The van der Waals surface area contributed by atoms with Crippen LogP contribution >= 0.6 is 0 Å². The quantitative estimate of drug-likeness (QED) is 0.770. The topological polar surface area (TPSA) is 43.8 Å². The molecule has 1 heterocycles. The lowest BCUT2D eigenvalue weighted by molar-refractivity contribution is 0.437. The van der Waals surface area contributed by atoms with Crippen LogP contribution in [0.25, 0.3) is 0 Å². The maximum Gasteiger partial charge on any atom is 0.188 e. The second-order valence-electron chi connectivity index (χ2n) is 5.02. The Hall–Kier alpha value is -1.06. The number of nitrogen functional groups attached to an aromatic ring is 1. The van der Waals surface area contributed by atoms with Crippen molar-refractivity contribution >= 4 is 5.82 Å². The Morgan fingerprint density at radius 1 is 1.47 bits per heavy atom.